The summed E-state index contributed by atoms with van der Waals surface area (Å²) in [5.41, 5.74) is 9.08. The van der Waals surface area contributed by atoms with Gasteiger partial charge in [-0.3, -0.25) is 0 Å². The molecule has 21 heavy (non-hydrogen) atoms. The van der Waals surface area contributed by atoms with Crippen LogP contribution in [0.4, 0.5) is 0 Å². The van der Waals surface area contributed by atoms with Crippen molar-refractivity contribution in [3.05, 3.63) is 90.0 Å². The minimum atomic E-state index is 0.418. The first-order valence-electron chi connectivity index (χ1n) is 6.85. The summed E-state index contributed by atoms with van der Waals surface area (Å²) in [6, 6.07) is 23.8. The number of benzene rings is 3. The molecule has 0 unspecified atom stereocenters. The maximum absolute atomic E-state index is 8.16. The lowest BCUT2D eigenvalue weighted by Gasteiger charge is -2.07. The molecular weight excluding hydrogens is 256 g/mol. The molecule has 3 rings (SSSR count). The summed E-state index contributed by atoms with van der Waals surface area (Å²) in [4.78, 5) is 0. The molecule has 102 valence electrons. The number of rotatable bonds is 3. The molecule has 2 heteroatoms. The number of nitrogens with one attached hydrogen (secondary N) is 1. The SMILES string of the molecule is N=C(/C=C(\N)c1cccc2ccccc12)c1ccccc1. The standard InChI is InChI=1S/C19H16N2/c20-18(15-8-2-1-3-9-15)13-19(21)17-12-6-10-14-7-4-5-11-16(14)17/h1-13,20H,21H2/b19-13-,20-18?. The average Bonchev–Trinajstić information content (AvgIpc) is 2.55. The van der Waals surface area contributed by atoms with Crippen LogP contribution in [0.15, 0.2) is 78.9 Å². The number of hydrogen-bond donors (Lipinski definition) is 2. The number of hydrogen-bond acceptors (Lipinski definition) is 2. The van der Waals surface area contributed by atoms with Crippen LogP contribution in [0, 0.1) is 5.41 Å². The van der Waals surface area contributed by atoms with Crippen molar-refractivity contribution in [2.24, 2.45) is 5.73 Å². The lowest BCUT2D eigenvalue weighted by molar-refractivity contribution is 1.48. The van der Waals surface area contributed by atoms with Crippen molar-refractivity contribution in [1.82, 2.24) is 0 Å². The van der Waals surface area contributed by atoms with E-state index in [9.17, 15) is 0 Å². The van der Waals surface area contributed by atoms with Gasteiger partial charge in [-0.15, -0.1) is 0 Å². The van der Waals surface area contributed by atoms with E-state index in [4.69, 9.17) is 11.1 Å². The second-order valence-electron chi connectivity index (χ2n) is 4.91. The first-order chi connectivity index (χ1) is 10.3. The zero-order chi connectivity index (χ0) is 14.7. The highest BCUT2D eigenvalue weighted by Crippen LogP contribution is 2.22. The predicted octanol–water partition coefficient (Wildman–Crippen LogP) is 4.21. The largest absolute Gasteiger partial charge is 0.398 e. The first-order valence-corrected chi connectivity index (χ1v) is 6.85. The van der Waals surface area contributed by atoms with Gasteiger partial charge in [-0.2, -0.15) is 0 Å². The van der Waals surface area contributed by atoms with Crippen molar-refractivity contribution in [2.45, 2.75) is 0 Å². The maximum atomic E-state index is 8.16. The van der Waals surface area contributed by atoms with E-state index < -0.39 is 0 Å². The molecule has 0 fully saturated rings. The molecule has 0 atom stereocenters. The third-order valence-corrected chi connectivity index (χ3v) is 3.49. The molecule has 0 aliphatic carbocycles. The molecule has 0 heterocycles. The zero-order valence-electron chi connectivity index (χ0n) is 11.6. The summed E-state index contributed by atoms with van der Waals surface area (Å²) < 4.78 is 0. The molecule has 0 aliphatic heterocycles. The Bertz CT molecular complexity index is 812. The number of nitrogens with two attached hydrogens (primary N) is 1. The lowest BCUT2D eigenvalue weighted by atomic mass is 10.0. The summed E-state index contributed by atoms with van der Waals surface area (Å²) in [6.07, 6.45) is 1.72. The molecular formula is C19H16N2. The van der Waals surface area contributed by atoms with E-state index in [2.05, 4.69) is 18.2 Å². The van der Waals surface area contributed by atoms with Crippen LogP contribution in [-0.2, 0) is 0 Å². The second kappa shape index (κ2) is 5.63. The Kier molecular flexibility index (Phi) is 3.52. The van der Waals surface area contributed by atoms with E-state index >= 15 is 0 Å². The molecule has 0 spiro atoms. The van der Waals surface area contributed by atoms with Crippen molar-refractivity contribution >= 4 is 22.2 Å². The molecule has 0 aliphatic rings. The van der Waals surface area contributed by atoms with E-state index in [0.29, 0.717) is 11.4 Å². The van der Waals surface area contributed by atoms with Crippen LogP contribution in [-0.4, -0.2) is 5.71 Å². The van der Waals surface area contributed by atoms with Gasteiger partial charge in [-0.1, -0.05) is 72.8 Å². The van der Waals surface area contributed by atoms with Gasteiger partial charge in [0.2, 0.25) is 0 Å². The molecule has 0 bridgehead atoms. The van der Waals surface area contributed by atoms with Crippen molar-refractivity contribution in [3.8, 4) is 0 Å². The molecule has 0 radical (unpaired) electrons. The van der Waals surface area contributed by atoms with Crippen LogP contribution in [0.1, 0.15) is 11.1 Å². The second-order valence-corrected chi connectivity index (χ2v) is 4.91. The van der Waals surface area contributed by atoms with Crippen LogP contribution in [0.3, 0.4) is 0 Å². The third kappa shape index (κ3) is 2.70. The summed E-state index contributed by atoms with van der Waals surface area (Å²) in [6.45, 7) is 0. The van der Waals surface area contributed by atoms with Crippen LogP contribution in [0.2, 0.25) is 0 Å². The monoisotopic (exact) mass is 272 g/mol. The van der Waals surface area contributed by atoms with Gasteiger partial charge in [0.05, 0.1) is 5.71 Å². The van der Waals surface area contributed by atoms with Gasteiger partial charge < -0.3 is 11.1 Å². The average molecular weight is 272 g/mol. The van der Waals surface area contributed by atoms with E-state index in [1.165, 1.54) is 0 Å². The van der Waals surface area contributed by atoms with E-state index in [1.54, 1.807) is 6.08 Å². The third-order valence-electron chi connectivity index (χ3n) is 3.49. The Morgan fingerprint density at radius 3 is 2.29 bits per heavy atom. The Balaban J connectivity index is 2.03. The molecule has 0 saturated carbocycles. The van der Waals surface area contributed by atoms with E-state index in [0.717, 1.165) is 21.9 Å². The molecule has 2 nitrogen and oxygen atoms in total. The van der Waals surface area contributed by atoms with Gasteiger partial charge in [0.15, 0.2) is 0 Å². The number of fused-ring (bicyclic) bond motifs is 1. The van der Waals surface area contributed by atoms with Crippen LogP contribution in [0.25, 0.3) is 16.5 Å². The summed E-state index contributed by atoms with van der Waals surface area (Å²) in [7, 11) is 0. The van der Waals surface area contributed by atoms with Crippen molar-refractivity contribution in [2.75, 3.05) is 0 Å². The molecule has 0 saturated heterocycles. The van der Waals surface area contributed by atoms with Crippen molar-refractivity contribution in [3.63, 3.8) is 0 Å². The molecule has 3 N–H and O–H groups in total. The quantitative estimate of drug-likeness (QED) is 0.689. The highest BCUT2D eigenvalue weighted by molar-refractivity contribution is 6.11. The lowest BCUT2D eigenvalue weighted by Crippen LogP contribution is -2.02. The zero-order valence-corrected chi connectivity index (χ0v) is 11.6. The van der Waals surface area contributed by atoms with Gasteiger partial charge >= 0.3 is 0 Å². The van der Waals surface area contributed by atoms with E-state index in [1.807, 2.05) is 54.6 Å². The first kappa shape index (κ1) is 13.1. The van der Waals surface area contributed by atoms with E-state index in [-0.39, 0.29) is 0 Å². The fourth-order valence-electron chi connectivity index (χ4n) is 2.41. The fraction of sp³-hybridized carbons (Fsp3) is 0. The topological polar surface area (TPSA) is 49.9 Å². The molecule has 3 aromatic rings. The highest BCUT2D eigenvalue weighted by atomic mass is 14.6. The predicted molar refractivity (Wildman–Crippen MR) is 89.4 cm³/mol. The van der Waals surface area contributed by atoms with Crippen LogP contribution < -0.4 is 5.73 Å². The van der Waals surface area contributed by atoms with Crippen LogP contribution in [0.5, 0.6) is 0 Å². The molecule has 0 amide bonds. The minimum Gasteiger partial charge on any atom is -0.398 e. The van der Waals surface area contributed by atoms with Gasteiger partial charge in [0, 0.05) is 11.3 Å². The Labute approximate surface area is 124 Å². The van der Waals surface area contributed by atoms with Gasteiger partial charge in [-0.05, 0) is 22.4 Å². The van der Waals surface area contributed by atoms with Gasteiger partial charge in [0.1, 0.15) is 0 Å². The molecule has 0 aromatic heterocycles. The summed E-state index contributed by atoms with van der Waals surface area (Å²) in [5, 5.41) is 10.4. The minimum absolute atomic E-state index is 0.418. The maximum Gasteiger partial charge on any atom is 0.0632 e. The van der Waals surface area contributed by atoms with Crippen molar-refractivity contribution < 1.29 is 0 Å². The summed E-state index contributed by atoms with van der Waals surface area (Å²) >= 11 is 0. The smallest absolute Gasteiger partial charge is 0.0632 e. The Morgan fingerprint density at radius 1 is 0.810 bits per heavy atom. The van der Waals surface area contributed by atoms with Crippen molar-refractivity contribution in [1.29, 1.82) is 5.41 Å². The van der Waals surface area contributed by atoms with Gasteiger partial charge in [-0.25, -0.2) is 0 Å². The number of allylic oxidation sites excluding steroid dienone is 1. The van der Waals surface area contributed by atoms with Crippen LogP contribution >= 0.6 is 0 Å². The fourth-order valence-corrected chi connectivity index (χ4v) is 2.41. The Hall–Kier alpha value is -2.87. The summed E-state index contributed by atoms with van der Waals surface area (Å²) in [5.74, 6) is 0. The normalized spacial score (nSPS) is 11.5. The van der Waals surface area contributed by atoms with Gasteiger partial charge in [0.25, 0.3) is 0 Å². The highest BCUT2D eigenvalue weighted by Gasteiger charge is 2.04. The Morgan fingerprint density at radius 2 is 1.48 bits per heavy atom. The molecule has 3 aromatic carbocycles.